The highest BCUT2D eigenvalue weighted by atomic mass is 16.1. The number of rotatable bonds is 5. The Morgan fingerprint density at radius 2 is 1.60 bits per heavy atom. The van der Waals surface area contributed by atoms with Gasteiger partial charge in [0, 0.05) is 31.3 Å². The van der Waals surface area contributed by atoms with E-state index in [0.29, 0.717) is 6.42 Å². The van der Waals surface area contributed by atoms with E-state index in [4.69, 9.17) is 0 Å². The molecule has 0 bridgehead atoms. The van der Waals surface area contributed by atoms with Gasteiger partial charge in [-0.05, 0) is 36.8 Å². The number of carbonyl (C=O) groups excluding carboxylic acids is 1. The Morgan fingerprint density at radius 1 is 1.00 bits per heavy atom. The Balaban J connectivity index is 2.07. The normalized spacial score (nSPS) is 10.3. The maximum absolute atomic E-state index is 11.6. The minimum absolute atomic E-state index is 0.192. The smallest absolute Gasteiger partial charge is 0.162 e. The van der Waals surface area contributed by atoms with E-state index in [-0.39, 0.29) is 5.78 Å². The van der Waals surface area contributed by atoms with Gasteiger partial charge in [0.1, 0.15) is 0 Å². The SMILES string of the molecule is CCC(=O)c1ccc(N(C)Cc2ccc(C)cc2)cc1. The lowest BCUT2D eigenvalue weighted by atomic mass is 10.1. The molecule has 0 amide bonds. The number of nitrogens with zero attached hydrogens (tertiary/aromatic N) is 1. The Bertz CT molecular complexity index is 569. The van der Waals surface area contributed by atoms with Crippen molar-refractivity contribution in [1.82, 2.24) is 0 Å². The van der Waals surface area contributed by atoms with E-state index in [1.54, 1.807) is 0 Å². The summed E-state index contributed by atoms with van der Waals surface area (Å²) in [4.78, 5) is 13.8. The van der Waals surface area contributed by atoms with Crippen molar-refractivity contribution < 1.29 is 4.79 Å². The number of anilines is 1. The van der Waals surface area contributed by atoms with E-state index in [9.17, 15) is 4.79 Å². The van der Waals surface area contributed by atoms with Crippen molar-refractivity contribution in [1.29, 1.82) is 0 Å². The number of carbonyl (C=O) groups is 1. The van der Waals surface area contributed by atoms with Crippen LogP contribution in [0.5, 0.6) is 0 Å². The number of benzene rings is 2. The lowest BCUT2D eigenvalue weighted by molar-refractivity contribution is 0.0988. The van der Waals surface area contributed by atoms with E-state index in [0.717, 1.165) is 17.8 Å². The van der Waals surface area contributed by atoms with Crippen molar-refractivity contribution in [2.75, 3.05) is 11.9 Å². The standard InChI is InChI=1S/C18H21NO/c1-4-18(20)16-9-11-17(12-10-16)19(3)13-15-7-5-14(2)6-8-15/h5-12H,4,13H2,1-3H3. The summed E-state index contributed by atoms with van der Waals surface area (Å²) in [6, 6.07) is 16.4. The first kappa shape index (κ1) is 14.3. The predicted molar refractivity (Wildman–Crippen MR) is 84.3 cm³/mol. The van der Waals surface area contributed by atoms with Gasteiger partial charge in [-0.2, -0.15) is 0 Å². The molecule has 0 spiro atoms. The third-order valence-electron chi connectivity index (χ3n) is 3.49. The summed E-state index contributed by atoms with van der Waals surface area (Å²) >= 11 is 0. The summed E-state index contributed by atoms with van der Waals surface area (Å²) in [5.74, 6) is 0.192. The minimum Gasteiger partial charge on any atom is -0.370 e. The number of Topliss-reactive ketones (excluding diaryl/α,β-unsaturated/α-hetero) is 1. The Hall–Kier alpha value is -2.09. The molecule has 0 N–H and O–H groups in total. The van der Waals surface area contributed by atoms with Gasteiger partial charge >= 0.3 is 0 Å². The predicted octanol–water partition coefficient (Wildman–Crippen LogP) is 4.22. The van der Waals surface area contributed by atoms with Crippen molar-refractivity contribution >= 4 is 11.5 Å². The molecule has 0 aliphatic carbocycles. The molecule has 0 aromatic heterocycles. The summed E-state index contributed by atoms with van der Waals surface area (Å²) in [7, 11) is 2.07. The molecule has 0 aliphatic rings. The van der Waals surface area contributed by atoms with E-state index >= 15 is 0 Å². The van der Waals surface area contributed by atoms with Gasteiger partial charge < -0.3 is 4.90 Å². The molecule has 2 nitrogen and oxygen atoms in total. The van der Waals surface area contributed by atoms with Crippen LogP contribution < -0.4 is 4.90 Å². The Labute approximate surface area is 121 Å². The summed E-state index contributed by atoms with van der Waals surface area (Å²) in [5.41, 5.74) is 4.48. The second-order valence-corrected chi connectivity index (χ2v) is 5.17. The highest BCUT2D eigenvalue weighted by molar-refractivity contribution is 5.96. The third-order valence-corrected chi connectivity index (χ3v) is 3.49. The zero-order chi connectivity index (χ0) is 14.5. The first-order chi connectivity index (χ1) is 9.60. The molecule has 2 aromatic carbocycles. The van der Waals surface area contributed by atoms with Crippen LogP contribution in [0.3, 0.4) is 0 Å². The molecule has 2 rings (SSSR count). The average molecular weight is 267 g/mol. The molecule has 0 aliphatic heterocycles. The zero-order valence-corrected chi connectivity index (χ0v) is 12.4. The molecular weight excluding hydrogens is 246 g/mol. The fourth-order valence-electron chi connectivity index (χ4n) is 2.16. The molecule has 2 heteroatoms. The maximum Gasteiger partial charge on any atom is 0.162 e. The van der Waals surface area contributed by atoms with E-state index in [1.165, 1.54) is 11.1 Å². The quantitative estimate of drug-likeness (QED) is 0.756. The van der Waals surface area contributed by atoms with Crippen LogP contribution in [0.2, 0.25) is 0 Å². The average Bonchev–Trinajstić information content (AvgIpc) is 2.49. The van der Waals surface area contributed by atoms with Crippen LogP contribution in [0.1, 0.15) is 34.8 Å². The van der Waals surface area contributed by atoms with Gasteiger partial charge in [0.15, 0.2) is 5.78 Å². The van der Waals surface area contributed by atoms with Gasteiger partial charge in [0.2, 0.25) is 0 Å². The molecule has 20 heavy (non-hydrogen) atoms. The van der Waals surface area contributed by atoms with Crippen LogP contribution in [0.25, 0.3) is 0 Å². The molecule has 0 fully saturated rings. The number of hydrogen-bond donors (Lipinski definition) is 0. The van der Waals surface area contributed by atoms with Gasteiger partial charge in [-0.3, -0.25) is 4.79 Å². The van der Waals surface area contributed by atoms with Crippen LogP contribution >= 0.6 is 0 Å². The fourth-order valence-corrected chi connectivity index (χ4v) is 2.16. The second kappa shape index (κ2) is 6.38. The molecule has 0 radical (unpaired) electrons. The van der Waals surface area contributed by atoms with Crippen LogP contribution in [-0.4, -0.2) is 12.8 Å². The van der Waals surface area contributed by atoms with Crippen LogP contribution in [0, 0.1) is 6.92 Å². The molecule has 0 unspecified atom stereocenters. The summed E-state index contributed by atoms with van der Waals surface area (Å²) in [5, 5.41) is 0. The molecule has 0 saturated carbocycles. The highest BCUT2D eigenvalue weighted by Gasteiger charge is 2.05. The number of ketones is 1. The van der Waals surface area contributed by atoms with E-state index < -0.39 is 0 Å². The molecule has 0 atom stereocenters. The monoisotopic (exact) mass is 267 g/mol. The highest BCUT2D eigenvalue weighted by Crippen LogP contribution is 2.17. The summed E-state index contributed by atoms with van der Waals surface area (Å²) < 4.78 is 0. The lowest BCUT2D eigenvalue weighted by Gasteiger charge is -2.19. The van der Waals surface area contributed by atoms with Gasteiger partial charge in [0.05, 0.1) is 0 Å². The van der Waals surface area contributed by atoms with Crippen molar-refractivity contribution in [3.05, 3.63) is 65.2 Å². The first-order valence-corrected chi connectivity index (χ1v) is 7.00. The molecule has 2 aromatic rings. The van der Waals surface area contributed by atoms with Gasteiger partial charge in [-0.25, -0.2) is 0 Å². The van der Waals surface area contributed by atoms with Crippen LogP contribution in [-0.2, 0) is 6.54 Å². The van der Waals surface area contributed by atoms with Crippen LogP contribution in [0.15, 0.2) is 48.5 Å². The Kier molecular flexibility index (Phi) is 4.57. The largest absolute Gasteiger partial charge is 0.370 e. The van der Waals surface area contributed by atoms with E-state index in [1.807, 2.05) is 31.2 Å². The fraction of sp³-hybridized carbons (Fsp3) is 0.278. The van der Waals surface area contributed by atoms with Crippen molar-refractivity contribution in [3.63, 3.8) is 0 Å². The molecular formula is C18H21NO. The minimum atomic E-state index is 0.192. The lowest BCUT2D eigenvalue weighted by Crippen LogP contribution is -2.16. The topological polar surface area (TPSA) is 20.3 Å². The molecule has 0 heterocycles. The molecule has 104 valence electrons. The number of aryl methyl sites for hydroxylation is 1. The number of hydrogen-bond acceptors (Lipinski definition) is 2. The van der Waals surface area contributed by atoms with Gasteiger partial charge in [-0.1, -0.05) is 36.8 Å². The maximum atomic E-state index is 11.6. The molecule has 0 saturated heterocycles. The first-order valence-electron chi connectivity index (χ1n) is 7.00. The van der Waals surface area contributed by atoms with Crippen LogP contribution in [0.4, 0.5) is 5.69 Å². The van der Waals surface area contributed by atoms with Gasteiger partial charge in [-0.15, -0.1) is 0 Å². The summed E-state index contributed by atoms with van der Waals surface area (Å²) in [6.07, 6.45) is 0.554. The van der Waals surface area contributed by atoms with Crippen molar-refractivity contribution in [2.24, 2.45) is 0 Å². The second-order valence-electron chi connectivity index (χ2n) is 5.17. The van der Waals surface area contributed by atoms with E-state index in [2.05, 4.69) is 43.1 Å². The van der Waals surface area contributed by atoms with Crippen molar-refractivity contribution in [3.8, 4) is 0 Å². The van der Waals surface area contributed by atoms with Gasteiger partial charge in [0.25, 0.3) is 0 Å². The van der Waals surface area contributed by atoms with Crippen molar-refractivity contribution in [2.45, 2.75) is 26.8 Å². The zero-order valence-electron chi connectivity index (χ0n) is 12.4. The summed E-state index contributed by atoms with van der Waals surface area (Å²) in [6.45, 7) is 4.85. The third kappa shape index (κ3) is 3.47. The Morgan fingerprint density at radius 3 is 2.15 bits per heavy atom.